The van der Waals surface area contributed by atoms with Crippen molar-refractivity contribution >= 4 is 40.8 Å². The number of benzene rings is 1. The average Bonchev–Trinajstić information content (AvgIpc) is 3.31. The fourth-order valence-corrected chi connectivity index (χ4v) is 6.40. The van der Waals surface area contributed by atoms with Crippen molar-refractivity contribution in [3.8, 4) is 5.75 Å². The molecule has 1 fully saturated rings. The molecule has 2 aromatic heterocycles. The lowest BCUT2D eigenvalue weighted by molar-refractivity contribution is -0.119. The quantitative estimate of drug-likeness (QED) is 0.253. The van der Waals surface area contributed by atoms with E-state index in [0.29, 0.717) is 0 Å². The fraction of sp³-hybridized carbons (Fsp3) is 0.409. The molecule has 6 atom stereocenters. The van der Waals surface area contributed by atoms with Gasteiger partial charge in [-0.25, -0.2) is 13.5 Å². The number of Topliss-reactive ketones (excluding diaryl/α,β-unsaturated/α-hetero) is 1. The van der Waals surface area contributed by atoms with E-state index in [4.69, 9.17) is 19.5 Å². The highest BCUT2D eigenvalue weighted by Gasteiger charge is 2.57. The number of carbonyl (C=O) groups excluding carboxylic acids is 1. The molecular formula is C22H25BrFN4O7P. The number of nitrogens with two attached hydrogens (primary N) is 1. The first-order valence-electron chi connectivity index (χ1n) is 11.0. The number of aliphatic hydroxyl groups is 1. The Morgan fingerprint density at radius 1 is 1.39 bits per heavy atom. The van der Waals surface area contributed by atoms with Crippen LogP contribution in [0.25, 0.3) is 5.52 Å². The molecule has 4 rings (SSSR count). The van der Waals surface area contributed by atoms with Gasteiger partial charge in [-0.2, -0.15) is 0 Å². The van der Waals surface area contributed by atoms with Crippen molar-refractivity contribution in [3.63, 3.8) is 0 Å². The van der Waals surface area contributed by atoms with Crippen molar-refractivity contribution in [3.05, 3.63) is 58.5 Å². The van der Waals surface area contributed by atoms with Gasteiger partial charge in [-0.15, -0.1) is 5.10 Å². The summed E-state index contributed by atoms with van der Waals surface area (Å²) in [5, 5.41) is 14.7. The molecule has 11 nitrogen and oxygen atoms in total. The predicted octanol–water partition coefficient (Wildman–Crippen LogP) is 2.98. The third-order valence-corrected chi connectivity index (χ3v) is 8.77. The molecule has 0 aliphatic carbocycles. The third-order valence-electron chi connectivity index (χ3n) is 5.86. The smallest absolute Gasteiger partial charge is 0.379 e. The summed E-state index contributed by atoms with van der Waals surface area (Å²) in [5.74, 6) is -0.783. The van der Waals surface area contributed by atoms with Gasteiger partial charge in [0.1, 0.15) is 35.4 Å². The van der Waals surface area contributed by atoms with Gasteiger partial charge in [0.05, 0.1) is 18.5 Å². The van der Waals surface area contributed by atoms with E-state index in [0.717, 1.165) is 4.52 Å². The maximum absolute atomic E-state index is 15.7. The Labute approximate surface area is 213 Å². The molecule has 1 aliphatic heterocycles. The number of para-hydroxylation sites is 1. The van der Waals surface area contributed by atoms with Gasteiger partial charge >= 0.3 is 7.60 Å². The SMILES string of the molecule is CC(=O)[C@H](C)CP(=O)(OC[C@H]1O[C@@H](c2ccc3c(=O)[nH]c(N)nn23)[C@@](F)(Br)C1O)Oc1ccccc1. The van der Waals surface area contributed by atoms with Gasteiger partial charge in [-0.3, -0.25) is 19.1 Å². The van der Waals surface area contributed by atoms with Crippen molar-refractivity contribution in [1.82, 2.24) is 14.6 Å². The zero-order chi connectivity index (χ0) is 26.3. The predicted molar refractivity (Wildman–Crippen MR) is 132 cm³/mol. The number of carbonyl (C=O) groups is 1. The van der Waals surface area contributed by atoms with Crippen molar-refractivity contribution in [2.75, 3.05) is 18.5 Å². The van der Waals surface area contributed by atoms with Gasteiger partial charge in [0.25, 0.3) is 5.56 Å². The molecule has 1 saturated heterocycles. The van der Waals surface area contributed by atoms with E-state index in [-0.39, 0.29) is 34.9 Å². The summed E-state index contributed by atoms with van der Waals surface area (Å²) in [6.07, 6.45) is -4.70. The monoisotopic (exact) mass is 586 g/mol. The van der Waals surface area contributed by atoms with Crippen molar-refractivity contribution in [2.45, 2.75) is 36.7 Å². The molecular weight excluding hydrogens is 562 g/mol. The third kappa shape index (κ3) is 5.25. The van der Waals surface area contributed by atoms with Crippen LogP contribution < -0.4 is 15.8 Å². The molecule has 3 aromatic rings. The van der Waals surface area contributed by atoms with E-state index in [2.05, 4.69) is 26.0 Å². The zero-order valence-electron chi connectivity index (χ0n) is 19.3. The Morgan fingerprint density at radius 2 is 2.08 bits per heavy atom. The fourth-order valence-electron chi connectivity index (χ4n) is 3.79. The number of ketones is 1. The summed E-state index contributed by atoms with van der Waals surface area (Å²) in [6, 6.07) is 11.1. The summed E-state index contributed by atoms with van der Waals surface area (Å²) >= 11 is 2.89. The number of nitrogens with one attached hydrogen (secondary N) is 1. The summed E-state index contributed by atoms with van der Waals surface area (Å²) in [5.41, 5.74) is 5.29. The number of nitrogens with zero attached hydrogens (tertiary/aromatic N) is 2. The first-order valence-corrected chi connectivity index (χ1v) is 13.5. The highest BCUT2D eigenvalue weighted by molar-refractivity contribution is 9.10. The number of ether oxygens (including phenoxy) is 1. The Balaban J connectivity index is 1.57. The number of nitrogen functional groups attached to an aromatic ring is 1. The van der Waals surface area contributed by atoms with Crippen LogP contribution in [-0.2, 0) is 18.6 Å². The molecule has 1 aliphatic rings. The molecule has 14 heteroatoms. The molecule has 2 unspecified atom stereocenters. The minimum absolute atomic E-state index is 0.0965. The Hall–Kier alpha value is -2.57. The van der Waals surface area contributed by atoms with Crippen LogP contribution in [0.15, 0.2) is 47.3 Å². The minimum Gasteiger partial charge on any atom is -0.424 e. The van der Waals surface area contributed by atoms with E-state index in [1.807, 2.05) is 0 Å². The van der Waals surface area contributed by atoms with Crippen molar-refractivity contribution in [2.24, 2.45) is 5.92 Å². The molecule has 3 heterocycles. The van der Waals surface area contributed by atoms with Crippen LogP contribution in [0.2, 0.25) is 0 Å². The Bertz CT molecular complexity index is 1370. The van der Waals surface area contributed by atoms with Crippen LogP contribution in [0.5, 0.6) is 5.75 Å². The first-order chi connectivity index (χ1) is 16.9. The highest BCUT2D eigenvalue weighted by Crippen LogP contribution is 2.53. The lowest BCUT2D eigenvalue weighted by Gasteiger charge is -2.24. The average molecular weight is 587 g/mol. The number of aromatic amines is 1. The topological polar surface area (TPSA) is 158 Å². The van der Waals surface area contributed by atoms with E-state index in [9.17, 15) is 19.3 Å². The molecule has 0 saturated carbocycles. The van der Waals surface area contributed by atoms with Crippen molar-refractivity contribution in [1.29, 1.82) is 0 Å². The second kappa shape index (κ2) is 10.1. The number of hydrogen-bond donors (Lipinski definition) is 3. The van der Waals surface area contributed by atoms with E-state index in [1.54, 1.807) is 37.3 Å². The molecule has 4 N–H and O–H groups in total. The van der Waals surface area contributed by atoms with Crippen molar-refractivity contribution < 1.29 is 32.6 Å². The number of aliphatic hydroxyl groups excluding tert-OH is 1. The second-order valence-electron chi connectivity index (χ2n) is 8.57. The number of alkyl halides is 2. The summed E-state index contributed by atoms with van der Waals surface area (Å²) < 4.78 is 44.9. The van der Waals surface area contributed by atoms with Crippen LogP contribution in [-0.4, -0.2) is 55.0 Å². The first kappa shape index (κ1) is 26.5. The number of aromatic nitrogens is 3. The van der Waals surface area contributed by atoms with Crippen LogP contribution >= 0.6 is 23.5 Å². The standard InChI is InChI=1S/C22H25BrFN4O7P/c1-12(13(2)29)11-36(32,35-14-6-4-3-5-7-14)33-10-17-18(30)22(23,24)19(34-17)15-8-9-16-20(31)26-21(25)27-28(15)16/h3-9,12,17-19,30H,10-11H2,1-2H3,(H3,25,26,27,31)/t12-,17-,18?,19+,22-,36?/m1/s1. The maximum Gasteiger partial charge on any atom is 0.379 e. The molecule has 0 spiro atoms. The Morgan fingerprint density at radius 3 is 2.75 bits per heavy atom. The lowest BCUT2D eigenvalue weighted by atomic mass is 10.1. The molecule has 0 radical (unpaired) electrons. The van der Waals surface area contributed by atoms with E-state index >= 15 is 4.39 Å². The number of halogens is 2. The second-order valence-corrected chi connectivity index (χ2v) is 11.8. The van der Waals surface area contributed by atoms with Gasteiger partial charge in [0.2, 0.25) is 10.5 Å². The van der Waals surface area contributed by atoms with Crippen LogP contribution in [0.4, 0.5) is 10.3 Å². The largest absolute Gasteiger partial charge is 0.424 e. The minimum atomic E-state index is -3.93. The summed E-state index contributed by atoms with van der Waals surface area (Å²) in [4.78, 5) is 26.3. The lowest BCUT2D eigenvalue weighted by Crippen LogP contribution is -2.37. The number of rotatable bonds is 9. The van der Waals surface area contributed by atoms with Gasteiger partial charge in [-0.1, -0.05) is 25.1 Å². The molecule has 0 bridgehead atoms. The van der Waals surface area contributed by atoms with Crippen LogP contribution in [0.3, 0.4) is 0 Å². The summed E-state index contributed by atoms with van der Waals surface area (Å²) in [7, 11) is -3.93. The number of H-pyrrole nitrogens is 1. The Kier molecular flexibility index (Phi) is 7.40. The number of fused-ring (bicyclic) bond motifs is 1. The maximum atomic E-state index is 15.7. The number of anilines is 1. The van der Waals surface area contributed by atoms with Gasteiger partial charge in [0.15, 0.2) is 0 Å². The van der Waals surface area contributed by atoms with Crippen LogP contribution in [0.1, 0.15) is 25.6 Å². The zero-order valence-corrected chi connectivity index (χ0v) is 21.8. The molecule has 36 heavy (non-hydrogen) atoms. The van der Waals surface area contributed by atoms with E-state index < -0.39 is 48.6 Å². The molecule has 1 aromatic carbocycles. The van der Waals surface area contributed by atoms with Crippen LogP contribution in [0, 0.1) is 5.92 Å². The molecule has 194 valence electrons. The molecule has 0 amide bonds. The van der Waals surface area contributed by atoms with Gasteiger partial charge < -0.3 is 20.1 Å². The highest BCUT2D eigenvalue weighted by atomic mass is 79.9. The number of hydrogen-bond acceptors (Lipinski definition) is 9. The van der Waals surface area contributed by atoms with Gasteiger partial charge in [0, 0.05) is 5.92 Å². The van der Waals surface area contributed by atoms with Gasteiger partial charge in [-0.05, 0) is 47.1 Å². The normalized spacial score (nSPS) is 26.5. The van der Waals surface area contributed by atoms with E-state index in [1.165, 1.54) is 19.1 Å². The summed E-state index contributed by atoms with van der Waals surface area (Å²) in [6.45, 7) is 2.44.